The second-order valence-electron chi connectivity index (χ2n) is 5.30. The Morgan fingerprint density at radius 3 is 2.41 bits per heavy atom. The van der Waals surface area contributed by atoms with Gasteiger partial charge in [0.1, 0.15) is 16.2 Å². The van der Waals surface area contributed by atoms with Gasteiger partial charge in [0.2, 0.25) is 0 Å². The lowest BCUT2D eigenvalue weighted by molar-refractivity contribution is 0.690. The largest absolute Gasteiger partial charge is 0.332 e. The molecule has 0 saturated carbocycles. The van der Waals surface area contributed by atoms with Crippen LogP contribution in [0.1, 0.15) is 38.9 Å². The van der Waals surface area contributed by atoms with Crippen molar-refractivity contribution in [3.63, 3.8) is 0 Å². The third kappa shape index (κ3) is 3.09. The molecule has 0 aliphatic heterocycles. The summed E-state index contributed by atoms with van der Waals surface area (Å²) in [4.78, 5) is 33.6. The Morgan fingerprint density at radius 2 is 1.77 bits per heavy atom. The molecule has 0 aliphatic rings. The van der Waals surface area contributed by atoms with Gasteiger partial charge in [-0.1, -0.05) is 20.3 Å². The van der Waals surface area contributed by atoms with Crippen LogP contribution in [0.5, 0.6) is 0 Å². The first-order valence-corrected chi connectivity index (χ1v) is 8.59. The van der Waals surface area contributed by atoms with Gasteiger partial charge in [-0.2, -0.15) is 0 Å². The molecule has 0 amide bonds. The van der Waals surface area contributed by atoms with Gasteiger partial charge >= 0.3 is 5.69 Å². The SMILES string of the molecule is CCCCc1nc(SCCC)c2c(=O)n(C)c(=O)n(C)c2n1. The van der Waals surface area contributed by atoms with Gasteiger partial charge in [0.05, 0.1) is 0 Å². The Kier molecular flexibility index (Phi) is 5.39. The second kappa shape index (κ2) is 7.09. The summed E-state index contributed by atoms with van der Waals surface area (Å²) < 4.78 is 2.55. The smallest absolute Gasteiger partial charge is 0.280 e. The molecule has 0 aliphatic carbocycles. The standard InChI is InChI=1S/C15H22N4O2S/c1-5-7-8-10-16-12-11(13(17-10)22-9-6-2)14(20)19(4)15(21)18(12)3/h5-9H2,1-4H3. The lowest BCUT2D eigenvalue weighted by atomic mass is 10.2. The Morgan fingerprint density at radius 1 is 1.05 bits per heavy atom. The van der Waals surface area contributed by atoms with E-state index in [1.807, 2.05) is 0 Å². The number of thioether (sulfide) groups is 1. The van der Waals surface area contributed by atoms with Crippen LogP contribution >= 0.6 is 11.8 Å². The van der Waals surface area contributed by atoms with Crippen LogP contribution in [0.2, 0.25) is 0 Å². The average Bonchev–Trinajstić information content (AvgIpc) is 2.53. The number of aryl methyl sites for hydroxylation is 2. The number of aromatic nitrogens is 4. The van der Waals surface area contributed by atoms with Gasteiger partial charge in [-0.05, 0) is 18.6 Å². The zero-order chi connectivity index (χ0) is 16.3. The number of unbranched alkanes of at least 4 members (excludes halogenated alkanes) is 1. The maximum Gasteiger partial charge on any atom is 0.332 e. The average molecular weight is 322 g/mol. The van der Waals surface area contributed by atoms with Crippen molar-refractivity contribution >= 4 is 22.8 Å². The summed E-state index contributed by atoms with van der Waals surface area (Å²) in [6.45, 7) is 4.20. The maximum absolute atomic E-state index is 12.5. The van der Waals surface area contributed by atoms with E-state index >= 15 is 0 Å². The van der Waals surface area contributed by atoms with Crippen LogP contribution in [-0.4, -0.2) is 24.9 Å². The van der Waals surface area contributed by atoms with Crippen LogP contribution in [0.25, 0.3) is 11.0 Å². The monoisotopic (exact) mass is 322 g/mol. The van der Waals surface area contributed by atoms with Crippen LogP contribution < -0.4 is 11.2 Å². The molecular weight excluding hydrogens is 300 g/mol. The van der Waals surface area contributed by atoms with E-state index in [0.29, 0.717) is 21.9 Å². The lowest BCUT2D eigenvalue weighted by Crippen LogP contribution is -2.37. The van der Waals surface area contributed by atoms with Gasteiger partial charge in [-0.15, -0.1) is 11.8 Å². The highest BCUT2D eigenvalue weighted by Crippen LogP contribution is 2.23. The summed E-state index contributed by atoms with van der Waals surface area (Å²) in [6.07, 6.45) is 3.79. The molecule has 2 aromatic heterocycles. The van der Waals surface area contributed by atoms with Crippen molar-refractivity contribution in [2.75, 3.05) is 5.75 Å². The predicted octanol–water partition coefficient (Wildman–Crippen LogP) is 1.87. The van der Waals surface area contributed by atoms with Crippen molar-refractivity contribution in [2.24, 2.45) is 14.1 Å². The molecule has 7 heteroatoms. The Balaban J connectivity index is 2.76. The van der Waals surface area contributed by atoms with Crippen molar-refractivity contribution in [3.8, 4) is 0 Å². The van der Waals surface area contributed by atoms with Crippen molar-refractivity contribution in [1.82, 2.24) is 19.1 Å². The molecule has 120 valence electrons. The molecule has 0 bridgehead atoms. The van der Waals surface area contributed by atoms with Crippen LogP contribution in [0.3, 0.4) is 0 Å². The fourth-order valence-electron chi connectivity index (χ4n) is 2.22. The molecule has 6 nitrogen and oxygen atoms in total. The number of nitrogens with zero attached hydrogens (tertiary/aromatic N) is 4. The summed E-state index contributed by atoms with van der Waals surface area (Å²) in [7, 11) is 3.14. The van der Waals surface area contributed by atoms with Crippen molar-refractivity contribution in [3.05, 3.63) is 26.7 Å². The van der Waals surface area contributed by atoms with E-state index in [2.05, 4.69) is 23.8 Å². The molecular formula is C15H22N4O2S. The van der Waals surface area contributed by atoms with Crippen molar-refractivity contribution in [2.45, 2.75) is 44.6 Å². The molecule has 22 heavy (non-hydrogen) atoms. The van der Waals surface area contributed by atoms with Crippen molar-refractivity contribution < 1.29 is 0 Å². The summed E-state index contributed by atoms with van der Waals surface area (Å²) in [5.74, 6) is 1.59. The third-order valence-electron chi connectivity index (χ3n) is 3.51. The number of hydrogen-bond acceptors (Lipinski definition) is 5. The molecule has 0 fully saturated rings. The van der Waals surface area contributed by atoms with Gasteiger partial charge in [0, 0.05) is 20.5 Å². The number of fused-ring (bicyclic) bond motifs is 1. The fraction of sp³-hybridized carbons (Fsp3) is 0.600. The van der Waals surface area contributed by atoms with Gasteiger partial charge < -0.3 is 0 Å². The topological polar surface area (TPSA) is 69.8 Å². The van der Waals surface area contributed by atoms with Crippen LogP contribution in [0.4, 0.5) is 0 Å². The molecule has 0 saturated heterocycles. The first-order chi connectivity index (χ1) is 10.5. The van der Waals surface area contributed by atoms with Gasteiger partial charge in [-0.3, -0.25) is 13.9 Å². The van der Waals surface area contributed by atoms with E-state index in [4.69, 9.17) is 0 Å². The van der Waals surface area contributed by atoms with Crippen molar-refractivity contribution in [1.29, 1.82) is 0 Å². The van der Waals surface area contributed by atoms with Gasteiger partial charge in [0.15, 0.2) is 5.65 Å². The summed E-state index contributed by atoms with van der Waals surface area (Å²) in [6, 6.07) is 0. The van der Waals surface area contributed by atoms with E-state index in [1.165, 1.54) is 11.6 Å². The minimum atomic E-state index is -0.357. The highest BCUT2D eigenvalue weighted by molar-refractivity contribution is 7.99. The molecule has 0 atom stereocenters. The first kappa shape index (κ1) is 16.7. The zero-order valence-electron chi connectivity index (χ0n) is 13.5. The summed E-state index contributed by atoms with van der Waals surface area (Å²) >= 11 is 1.56. The second-order valence-corrected chi connectivity index (χ2v) is 6.38. The third-order valence-corrected chi connectivity index (χ3v) is 4.69. The molecule has 0 radical (unpaired) electrons. The Labute approximate surface area is 133 Å². The summed E-state index contributed by atoms with van der Waals surface area (Å²) in [5.41, 5.74) is -0.240. The van der Waals surface area contributed by atoms with E-state index in [1.54, 1.807) is 18.8 Å². The Bertz CT molecular complexity index is 795. The van der Waals surface area contributed by atoms with E-state index < -0.39 is 0 Å². The highest BCUT2D eigenvalue weighted by Gasteiger charge is 2.16. The molecule has 0 N–H and O–H groups in total. The molecule has 0 unspecified atom stereocenters. The first-order valence-electron chi connectivity index (χ1n) is 7.60. The van der Waals surface area contributed by atoms with Crippen LogP contribution in [0, 0.1) is 0 Å². The molecule has 2 aromatic rings. The van der Waals surface area contributed by atoms with E-state index in [-0.39, 0.29) is 11.2 Å². The normalized spacial score (nSPS) is 11.3. The molecule has 0 spiro atoms. The molecule has 0 aromatic carbocycles. The molecule has 2 heterocycles. The number of hydrogen-bond donors (Lipinski definition) is 0. The summed E-state index contributed by atoms with van der Waals surface area (Å²) in [5, 5.41) is 1.14. The van der Waals surface area contributed by atoms with E-state index in [9.17, 15) is 9.59 Å². The fourth-order valence-corrected chi connectivity index (χ4v) is 3.11. The quantitative estimate of drug-likeness (QED) is 0.600. The zero-order valence-corrected chi connectivity index (χ0v) is 14.4. The highest BCUT2D eigenvalue weighted by atomic mass is 32.2. The molecule has 2 rings (SSSR count). The van der Waals surface area contributed by atoms with Gasteiger partial charge in [0.25, 0.3) is 5.56 Å². The van der Waals surface area contributed by atoms with Gasteiger partial charge in [-0.25, -0.2) is 14.8 Å². The minimum Gasteiger partial charge on any atom is -0.280 e. The number of rotatable bonds is 6. The van der Waals surface area contributed by atoms with Crippen LogP contribution in [0.15, 0.2) is 14.6 Å². The Hall–Kier alpha value is -1.63. The minimum absolute atomic E-state index is 0.321. The predicted molar refractivity (Wildman–Crippen MR) is 89.6 cm³/mol. The maximum atomic E-state index is 12.5. The lowest BCUT2D eigenvalue weighted by Gasteiger charge is -2.11. The van der Waals surface area contributed by atoms with Crippen LogP contribution in [-0.2, 0) is 20.5 Å². The van der Waals surface area contributed by atoms with E-state index in [0.717, 1.165) is 36.0 Å².